The van der Waals surface area contributed by atoms with Gasteiger partial charge in [0, 0.05) is 25.2 Å². The van der Waals surface area contributed by atoms with Gasteiger partial charge in [-0.05, 0) is 25.7 Å². The number of hydrogen-bond acceptors (Lipinski definition) is 8. The van der Waals surface area contributed by atoms with Crippen molar-refractivity contribution < 1.29 is 44.1 Å². The number of thiocarbonyl (C=S) groups is 2. The third kappa shape index (κ3) is 11.8. The first-order chi connectivity index (χ1) is 13.9. The predicted molar refractivity (Wildman–Crippen MR) is 137 cm³/mol. The smallest absolute Gasteiger partial charge is 0.411 e. The average Bonchev–Trinajstić information content (AvgIpc) is 3.17. The average molecular weight is 645 g/mol. The van der Waals surface area contributed by atoms with Gasteiger partial charge in [0.1, 0.15) is 0 Å². The molecule has 0 saturated carbocycles. The molecule has 0 aliphatic carbocycles. The van der Waals surface area contributed by atoms with Gasteiger partial charge in [0.05, 0.1) is 23.0 Å². The Labute approximate surface area is 230 Å². The molecule has 2 heterocycles. The minimum atomic E-state index is -2.85. The zero-order valence-corrected chi connectivity index (χ0v) is 27.3. The maximum atomic E-state index is 11.3. The summed E-state index contributed by atoms with van der Waals surface area (Å²) < 4.78 is 46.2. The van der Waals surface area contributed by atoms with Crippen LogP contribution in [0.1, 0.15) is 52.4 Å². The molecular weight excluding hydrogens is 613 g/mol. The zero-order valence-electron chi connectivity index (χ0n) is 18.3. The summed E-state index contributed by atoms with van der Waals surface area (Å²) in [6.07, 6.45) is 5.48. The molecule has 0 amide bonds. The Morgan fingerprint density at radius 3 is 1.32 bits per heavy atom. The van der Waals surface area contributed by atoms with Gasteiger partial charge in [0.15, 0.2) is 19.7 Å². The van der Waals surface area contributed by atoms with E-state index in [9.17, 15) is 16.8 Å². The second kappa shape index (κ2) is 15.1. The summed E-state index contributed by atoms with van der Waals surface area (Å²) in [6, 6.07) is 0.0399. The van der Waals surface area contributed by atoms with Crippen molar-refractivity contribution in [3.8, 4) is 0 Å². The third-order valence-corrected chi connectivity index (χ3v) is 9.71. The summed E-state index contributed by atoms with van der Waals surface area (Å²) >= 11 is 20.0. The van der Waals surface area contributed by atoms with E-state index in [0.717, 1.165) is 38.8 Å². The fourth-order valence-electron chi connectivity index (χ4n) is 3.55. The Morgan fingerprint density at radius 2 is 1.13 bits per heavy atom. The summed E-state index contributed by atoms with van der Waals surface area (Å²) in [4.78, 5) is 3.80. The summed E-state index contributed by atoms with van der Waals surface area (Å²) in [5, 5.41) is 0. The van der Waals surface area contributed by atoms with Crippen molar-refractivity contribution >= 4 is 78.0 Å². The van der Waals surface area contributed by atoms with Gasteiger partial charge in [-0.2, -0.15) is 0 Å². The van der Waals surface area contributed by atoms with E-state index in [4.69, 9.17) is 49.7 Å². The molecule has 176 valence electrons. The Kier molecular flexibility index (Phi) is 15.6. The van der Waals surface area contributed by atoms with Crippen LogP contribution >= 0.6 is 24.4 Å². The summed E-state index contributed by atoms with van der Waals surface area (Å²) in [6.45, 7) is 5.77. The van der Waals surface area contributed by atoms with E-state index in [-0.39, 0.29) is 62.4 Å². The van der Waals surface area contributed by atoms with Gasteiger partial charge in [-0.25, -0.2) is 16.8 Å². The molecular formula is C18H32CdN2O4S6. The molecule has 31 heavy (non-hydrogen) atoms. The third-order valence-electron chi connectivity index (χ3n) is 5.27. The van der Waals surface area contributed by atoms with Crippen LogP contribution in [0, 0.1) is 0 Å². The van der Waals surface area contributed by atoms with Gasteiger partial charge in [-0.3, -0.25) is 0 Å². The normalized spacial score (nSPS) is 23.2. The van der Waals surface area contributed by atoms with Gasteiger partial charge in [0.2, 0.25) is 0 Å². The standard InChI is InChI=1S/2C9H17NO2S3.Cd/c2*1-2-3-5-10(9(13)14)8-4-6-15(11,12)7-8;/h2*8H,2-7H2,1H3,(H,13,14);/q;;+2/p-2. The molecule has 2 saturated heterocycles. The minimum absolute atomic E-state index is 0. The molecule has 2 rings (SSSR count). The van der Waals surface area contributed by atoms with Gasteiger partial charge < -0.3 is 59.5 Å². The molecule has 2 fully saturated rings. The number of unbranched alkanes of at least 4 members (excludes halogenated alkanes) is 2. The van der Waals surface area contributed by atoms with Crippen LogP contribution in [-0.2, 0) is 72.2 Å². The van der Waals surface area contributed by atoms with E-state index in [2.05, 4.69) is 13.8 Å². The van der Waals surface area contributed by atoms with Gasteiger partial charge in [-0.1, -0.05) is 35.3 Å². The van der Waals surface area contributed by atoms with Gasteiger partial charge in [0.25, 0.3) is 0 Å². The Morgan fingerprint density at radius 1 is 0.806 bits per heavy atom. The molecule has 0 N–H and O–H groups in total. The minimum Gasteiger partial charge on any atom is -0.411 e. The molecule has 13 heteroatoms. The number of hydrogen-bond donors (Lipinski definition) is 0. The van der Waals surface area contributed by atoms with Crippen LogP contribution in [0.15, 0.2) is 0 Å². The van der Waals surface area contributed by atoms with Crippen LogP contribution in [0.2, 0.25) is 0 Å². The van der Waals surface area contributed by atoms with Crippen molar-refractivity contribution in [1.29, 1.82) is 0 Å². The molecule has 0 aromatic carbocycles. The van der Waals surface area contributed by atoms with E-state index in [1.54, 1.807) is 0 Å². The van der Waals surface area contributed by atoms with Crippen LogP contribution in [0.3, 0.4) is 0 Å². The van der Waals surface area contributed by atoms with Crippen molar-refractivity contribution in [2.45, 2.75) is 64.5 Å². The summed E-state index contributed by atoms with van der Waals surface area (Å²) in [5.74, 6) is 0.984. The van der Waals surface area contributed by atoms with Gasteiger partial charge in [-0.15, -0.1) is 0 Å². The maximum Gasteiger partial charge on any atom is 2.00 e. The molecule has 2 unspecified atom stereocenters. The molecule has 2 atom stereocenters. The SMILES string of the molecule is CCCCN(C(=S)[S-])C1CCS(=O)(=O)C1.CCCCN(C(=S)[S-])C1CCS(=O)(=O)C1.[Cd+2]. The van der Waals surface area contributed by atoms with Crippen molar-refractivity contribution in [1.82, 2.24) is 9.80 Å². The number of rotatable bonds is 8. The van der Waals surface area contributed by atoms with Crippen LogP contribution in [0.5, 0.6) is 0 Å². The monoisotopic (exact) mass is 646 g/mol. The van der Waals surface area contributed by atoms with E-state index in [0.29, 0.717) is 21.5 Å². The number of sulfone groups is 2. The van der Waals surface area contributed by atoms with Gasteiger partial charge >= 0.3 is 27.3 Å². The second-order valence-electron chi connectivity index (χ2n) is 7.74. The first-order valence-electron chi connectivity index (χ1n) is 10.3. The molecule has 2 aliphatic rings. The fraction of sp³-hybridized carbons (Fsp3) is 0.889. The molecule has 0 spiro atoms. The van der Waals surface area contributed by atoms with Crippen molar-refractivity contribution in [2.24, 2.45) is 0 Å². The molecule has 6 nitrogen and oxygen atoms in total. The largest absolute Gasteiger partial charge is 2.00 e. The first kappa shape index (κ1) is 32.0. The van der Waals surface area contributed by atoms with Crippen molar-refractivity contribution in [3.05, 3.63) is 0 Å². The fourth-order valence-corrected chi connectivity index (χ4v) is 7.97. The Balaban J connectivity index is 0.000000562. The number of nitrogens with zero attached hydrogens (tertiary/aromatic N) is 2. The maximum absolute atomic E-state index is 11.3. The second-order valence-corrected chi connectivity index (χ2v) is 14.3. The Hall–Kier alpha value is 1.04. The van der Waals surface area contributed by atoms with Crippen molar-refractivity contribution in [2.75, 3.05) is 36.1 Å². The predicted octanol–water partition coefficient (Wildman–Crippen LogP) is 2.21. The molecule has 2 aliphatic heterocycles. The van der Waals surface area contributed by atoms with E-state index in [1.807, 2.05) is 9.80 Å². The van der Waals surface area contributed by atoms with Crippen LogP contribution in [0.4, 0.5) is 0 Å². The topological polar surface area (TPSA) is 74.8 Å². The first-order valence-corrected chi connectivity index (χ1v) is 15.6. The van der Waals surface area contributed by atoms with Crippen molar-refractivity contribution in [3.63, 3.8) is 0 Å². The zero-order chi connectivity index (χ0) is 22.9. The summed E-state index contributed by atoms with van der Waals surface area (Å²) in [5.41, 5.74) is 0. The van der Waals surface area contributed by atoms with Crippen LogP contribution < -0.4 is 0 Å². The summed E-state index contributed by atoms with van der Waals surface area (Å²) in [7, 11) is -5.69. The Bertz CT molecular complexity index is 725. The quantitative estimate of drug-likeness (QED) is 0.223. The molecule has 0 aromatic heterocycles. The molecule has 0 radical (unpaired) electrons. The van der Waals surface area contributed by atoms with E-state index >= 15 is 0 Å². The van der Waals surface area contributed by atoms with E-state index < -0.39 is 19.7 Å². The molecule has 0 aromatic rings. The molecule has 0 bridgehead atoms. The van der Waals surface area contributed by atoms with Crippen LogP contribution in [-0.4, -0.2) is 83.5 Å². The van der Waals surface area contributed by atoms with E-state index in [1.165, 1.54) is 0 Å². The van der Waals surface area contributed by atoms with Crippen LogP contribution in [0.25, 0.3) is 0 Å².